The number of hydrogen-bond acceptors (Lipinski definition) is 4. The molecule has 1 unspecified atom stereocenters. The van der Waals surface area contributed by atoms with Gasteiger partial charge in [-0.25, -0.2) is 4.98 Å². The SMILES string of the molecule is CN(C)c1cccc(C(N)c2cnc(C(F)(F)F)s2)c1. The summed E-state index contributed by atoms with van der Waals surface area (Å²) in [5, 5.41) is -0.869. The molecule has 20 heavy (non-hydrogen) atoms. The zero-order valence-corrected chi connectivity index (χ0v) is 11.8. The van der Waals surface area contributed by atoms with Crippen LogP contribution in [0.2, 0.25) is 0 Å². The summed E-state index contributed by atoms with van der Waals surface area (Å²) < 4.78 is 37.6. The Bertz CT molecular complexity index is 593. The molecule has 2 rings (SSSR count). The van der Waals surface area contributed by atoms with Gasteiger partial charge in [0.15, 0.2) is 5.01 Å². The summed E-state index contributed by atoms with van der Waals surface area (Å²) in [6.07, 6.45) is -3.23. The minimum Gasteiger partial charge on any atom is -0.378 e. The molecule has 0 saturated carbocycles. The smallest absolute Gasteiger partial charge is 0.378 e. The van der Waals surface area contributed by atoms with Gasteiger partial charge in [0.1, 0.15) is 0 Å². The molecule has 7 heteroatoms. The van der Waals surface area contributed by atoms with E-state index in [0.717, 1.165) is 11.3 Å². The molecule has 0 aliphatic carbocycles. The maximum absolute atomic E-state index is 12.5. The minimum absolute atomic E-state index is 0.397. The molecule has 0 bridgehead atoms. The van der Waals surface area contributed by atoms with E-state index in [0.29, 0.717) is 16.2 Å². The van der Waals surface area contributed by atoms with Crippen LogP contribution in [0, 0.1) is 0 Å². The van der Waals surface area contributed by atoms with Gasteiger partial charge in [-0.15, -0.1) is 11.3 Å². The Morgan fingerprint density at radius 1 is 1.30 bits per heavy atom. The highest BCUT2D eigenvalue weighted by Gasteiger charge is 2.35. The number of halogens is 3. The molecule has 0 aliphatic rings. The summed E-state index contributed by atoms with van der Waals surface area (Å²) in [7, 11) is 3.78. The summed E-state index contributed by atoms with van der Waals surface area (Å²) in [6, 6.07) is 6.78. The zero-order valence-electron chi connectivity index (χ0n) is 11.0. The van der Waals surface area contributed by atoms with E-state index in [1.165, 1.54) is 6.20 Å². The summed E-state index contributed by atoms with van der Waals surface area (Å²) in [5.41, 5.74) is 7.73. The largest absolute Gasteiger partial charge is 0.443 e. The quantitative estimate of drug-likeness (QED) is 0.946. The molecule has 1 aromatic heterocycles. The fraction of sp³-hybridized carbons (Fsp3) is 0.308. The van der Waals surface area contributed by atoms with Gasteiger partial charge in [-0.3, -0.25) is 0 Å². The minimum atomic E-state index is -4.42. The molecular weight excluding hydrogens is 287 g/mol. The molecular formula is C13H14F3N3S. The first kappa shape index (κ1) is 14.8. The molecule has 0 radical (unpaired) electrons. The second-order valence-electron chi connectivity index (χ2n) is 4.53. The standard InChI is InChI=1S/C13H14F3N3S/c1-19(2)9-5-3-4-8(6-9)11(17)10-7-18-12(20-10)13(14,15)16/h3-7,11H,17H2,1-2H3. The molecule has 2 aromatic rings. The highest BCUT2D eigenvalue weighted by Crippen LogP contribution is 2.35. The normalized spacial score (nSPS) is 13.3. The van der Waals surface area contributed by atoms with Crippen molar-refractivity contribution in [2.24, 2.45) is 5.73 Å². The van der Waals surface area contributed by atoms with Crippen molar-refractivity contribution in [1.29, 1.82) is 0 Å². The van der Waals surface area contributed by atoms with Crippen LogP contribution in [0.15, 0.2) is 30.5 Å². The number of benzene rings is 1. The number of hydrogen-bond donors (Lipinski definition) is 1. The van der Waals surface area contributed by atoms with Gasteiger partial charge in [-0.2, -0.15) is 13.2 Å². The van der Waals surface area contributed by atoms with Crippen LogP contribution in [0.3, 0.4) is 0 Å². The van der Waals surface area contributed by atoms with Crippen LogP contribution in [-0.2, 0) is 6.18 Å². The fourth-order valence-corrected chi connectivity index (χ4v) is 2.53. The van der Waals surface area contributed by atoms with Crippen molar-refractivity contribution >= 4 is 17.0 Å². The van der Waals surface area contributed by atoms with Crippen LogP contribution in [-0.4, -0.2) is 19.1 Å². The van der Waals surface area contributed by atoms with Gasteiger partial charge in [-0.1, -0.05) is 12.1 Å². The molecule has 0 fully saturated rings. The van der Waals surface area contributed by atoms with Crippen molar-refractivity contribution < 1.29 is 13.2 Å². The van der Waals surface area contributed by atoms with E-state index in [4.69, 9.17) is 5.73 Å². The molecule has 108 valence electrons. The van der Waals surface area contributed by atoms with Crippen molar-refractivity contribution in [3.8, 4) is 0 Å². The van der Waals surface area contributed by atoms with Gasteiger partial charge in [0.25, 0.3) is 0 Å². The first-order chi connectivity index (χ1) is 9.29. The number of aromatic nitrogens is 1. The molecule has 1 heterocycles. The summed E-state index contributed by atoms with van der Waals surface area (Å²) in [6.45, 7) is 0. The van der Waals surface area contributed by atoms with Gasteiger partial charge in [0, 0.05) is 30.9 Å². The summed E-state index contributed by atoms with van der Waals surface area (Å²) >= 11 is 0.582. The van der Waals surface area contributed by atoms with Crippen molar-refractivity contribution in [1.82, 2.24) is 4.98 Å². The highest BCUT2D eigenvalue weighted by molar-refractivity contribution is 7.11. The number of thiazole rings is 1. The van der Waals surface area contributed by atoms with Gasteiger partial charge in [0.2, 0.25) is 0 Å². The van der Waals surface area contributed by atoms with E-state index in [1.807, 2.05) is 37.2 Å². The Kier molecular flexibility index (Phi) is 4.01. The van der Waals surface area contributed by atoms with Gasteiger partial charge >= 0.3 is 6.18 Å². The maximum Gasteiger partial charge on any atom is 0.443 e. The lowest BCUT2D eigenvalue weighted by molar-refractivity contribution is -0.137. The van der Waals surface area contributed by atoms with E-state index >= 15 is 0 Å². The Balaban J connectivity index is 2.29. The monoisotopic (exact) mass is 301 g/mol. The molecule has 0 spiro atoms. The van der Waals surface area contributed by atoms with E-state index in [9.17, 15) is 13.2 Å². The van der Waals surface area contributed by atoms with Crippen molar-refractivity contribution in [2.45, 2.75) is 12.2 Å². The van der Waals surface area contributed by atoms with Crippen LogP contribution in [0.4, 0.5) is 18.9 Å². The molecule has 2 N–H and O–H groups in total. The van der Waals surface area contributed by atoms with Crippen LogP contribution in [0.5, 0.6) is 0 Å². The lowest BCUT2D eigenvalue weighted by atomic mass is 10.1. The highest BCUT2D eigenvalue weighted by atomic mass is 32.1. The summed E-state index contributed by atoms with van der Waals surface area (Å²) in [5.74, 6) is 0. The number of nitrogens with two attached hydrogens (primary N) is 1. The van der Waals surface area contributed by atoms with Crippen molar-refractivity contribution in [3.05, 3.63) is 45.9 Å². The van der Waals surface area contributed by atoms with Gasteiger partial charge in [0.05, 0.1) is 6.04 Å². The summed E-state index contributed by atoms with van der Waals surface area (Å²) in [4.78, 5) is 5.70. The molecule has 3 nitrogen and oxygen atoms in total. The van der Waals surface area contributed by atoms with Gasteiger partial charge in [-0.05, 0) is 17.7 Å². The Labute approximate surface area is 118 Å². The number of alkyl halides is 3. The van der Waals surface area contributed by atoms with E-state index in [1.54, 1.807) is 6.07 Å². The van der Waals surface area contributed by atoms with Crippen LogP contribution in [0.1, 0.15) is 21.5 Å². The van der Waals surface area contributed by atoms with Crippen LogP contribution >= 0.6 is 11.3 Å². The first-order valence-corrected chi connectivity index (χ1v) is 6.66. The molecule has 0 aliphatic heterocycles. The van der Waals surface area contributed by atoms with Gasteiger partial charge < -0.3 is 10.6 Å². The second kappa shape index (κ2) is 5.41. The lowest BCUT2D eigenvalue weighted by Crippen LogP contribution is -2.13. The maximum atomic E-state index is 12.5. The predicted octanol–water partition coefficient (Wildman–Crippen LogP) is 3.28. The second-order valence-corrected chi connectivity index (χ2v) is 5.59. The predicted molar refractivity (Wildman–Crippen MR) is 73.9 cm³/mol. The van der Waals surface area contributed by atoms with Crippen LogP contribution < -0.4 is 10.6 Å². The van der Waals surface area contributed by atoms with Crippen molar-refractivity contribution in [2.75, 3.05) is 19.0 Å². The Hall–Kier alpha value is -1.60. The topological polar surface area (TPSA) is 42.1 Å². The van der Waals surface area contributed by atoms with E-state index in [2.05, 4.69) is 4.98 Å². The zero-order chi connectivity index (χ0) is 14.9. The number of rotatable bonds is 3. The molecule has 0 amide bonds. The lowest BCUT2D eigenvalue weighted by Gasteiger charge is -2.16. The average Bonchev–Trinajstić information content (AvgIpc) is 2.87. The average molecular weight is 301 g/mol. The van der Waals surface area contributed by atoms with E-state index < -0.39 is 17.2 Å². The fourth-order valence-electron chi connectivity index (χ4n) is 1.72. The number of anilines is 1. The number of nitrogens with zero attached hydrogens (tertiary/aromatic N) is 2. The molecule has 1 atom stereocenters. The third-order valence-corrected chi connectivity index (χ3v) is 3.94. The molecule has 1 aromatic carbocycles. The Morgan fingerprint density at radius 2 is 2.00 bits per heavy atom. The first-order valence-electron chi connectivity index (χ1n) is 5.85. The van der Waals surface area contributed by atoms with Crippen molar-refractivity contribution in [3.63, 3.8) is 0 Å². The van der Waals surface area contributed by atoms with Crippen LogP contribution in [0.25, 0.3) is 0 Å². The molecule has 0 saturated heterocycles. The third kappa shape index (κ3) is 3.10. The third-order valence-electron chi connectivity index (χ3n) is 2.82. The Morgan fingerprint density at radius 3 is 2.55 bits per heavy atom. The van der Waals surface area contributed by atoms with E-state index in [-0.39, 0.29) is 0 Å².